The topological polar surface area (TPSA) is 58.6 Å². The average Bonchev–Trinajstić information content (AvgIpc) is 2.74. The molecule has 5 aromatic rings. The van der Waals surface area contributed by atoms with Crippen LogP contribution in [0.2, 0.25) is 5.02 Å². The lowest BCUT2D eigenvalue weighted by molar-refractivity contribution is 1.25. The van der Waals surface area contributed by atoms with Crippen LogP contribution in [0.5, 0.6) is 0 Å². The first kappa shape index (κ1) is 17.6. The average molecular weight is 398 g/mol. The summed E-state index contributed by atoms with van der Waals surface area (Å²) in [5, 5.41) is 2.06. The van der Waals surface area contributed by atoms with Crippen LogP contribution in [0, 0.1) is 6.92 Å². The van der Waals surface area contributed by atoms with Crippen molar-refractivity contribution < 1.29 is 0 Å². The molecule has 5 heteroatoms. The molecule has 0 spiro atoms. The molecule has 0 aliphatic carbocycles. The Hall–Kier alpha value is -3.50. The van der Waals surface area contributed by atoms with Crippen LogP contribution in [0.25, 0.3) is 44.3 Å². The second-order valence-electron chi connectivity index (χ2n) is 6.97. The third-order valence-corrected chi connectivity index (χ3v) is 5.27. The number of pyridine rings is 3. The SMILES string of the molecule is Cc1ccc2cc(-c3cc4c(=O)cc[nH]c4nc3-c3ccccc3)cc(Cl)c2n1. The number of aryl methyl sites for hydroxylation is 1. The second-order valence-corrected chi connectivity index (χ2v) is 7.38. The van der Waals surface area contributed by atoms with Gasteiger partial charge in [0, 0.05) is 34.5 Å². The molecule has 29 heavy (non-hydrogen) atoms. The van der Waals surface area contributed by atoms with Crippen molar-refractivity contribution in [2.24, 2.45) is 0 Å². The lowest BCUT2D eigenvalue weighted by Crippen LogP contribution is -2.03. The number of benzene rings is 2. The number of nitrogens with zero attached hydrogens (tertiary/aromatic N) is 2. The van der Waals surface area contributed by atoms with E-state index in [1.807, 2.05) is 67.6 Å². The van der Waals surface area contributed by atoms with E-state index in [1.54, 1.807) is 6.20 Å². The van der Waals surface area contributed by atoms with E-state index in [9.17, 15) is 4.79 Å². The first-order chi connectivity index (χ1) is 14.1. The summed E-state index contributed by atoms with van der Waals surface area (Å²) in [6.07, 6.45) is 1.62. The van der Waals surface area contributed by atoms with Gasteiger partial charge in [0.25, 0.3) is 0 Å². The standard InChI is InChI=1S/C24H16ClN3O/c1-14-7-8-16-11-17(12-20(25)23(16)27-14)18-13-19-21(29)9-10-26-24(19)28-22(18)15-5-3-2-4-6-15/h2-13H,1H3,(H,26,28,29). The molecule has 0 unspecified atom stereocenters. The van der Waals surface area contributed by atoms with E-state index in [2.05, 4.69) is 9.97 Å². The van der Waals surface area contributed by atoms with Gasteiger partial charge in [-0.05, 0) is 36.8 Å². The highest BCUT2D eigenvalue weighted by molar-refractivity contribution is 6.35. The first-order valence-corrected chi connectivity index (χ1v) is 9.63. The maximum atomic E-state index is 12.4. The molecule has 5 rings (SSSR count). The second kappa shape index (κ2) is 6.83. The number of H-pyrrole nitrogens is 1. The smallest absolute Gasteiger partial charge is 0.191 e. The normalized spacial score (nSPS) is 11.2. The van der Waals surface area contributed by atoms with Gasteiger partial charge in [0.1, 0.15) is 5.65 Å². The summed E-state index contributed by atoms with van der Waals surface area (Å²) >= 11 is 6.58. The van der Waals surface area contributed by atoms with Crippen molar-refractivity contribution in [3.05, 3.63) is 93.9 Å². The number of nitrogens with one attached hydrogen (secondary N) is 1. The van der Waals surface area contributed by atoms with E-state index in [0.29, 0.717) is 16.1 Å². The highest BCUT2D eigenvalue weighted by Gasteiger charge is 2.15. The number of halogens is 1. The Balaban J connectivity index is 1.86. The van der Waals surface area contributed by atoms with Gasteiger partial charge in [0.15, 0.2) is 5.43 Å². The molecule has 4 nitrogen and oxygen atoms in total. The van der Waals surface area contributed by atoms with Crippen LogP contribution in [0.4, 0.5) is 0 Å². The van der Waals surface area contributed by atoms with Crippen molar-refractivity contribution >= 4 is 33.5 Å². The predicted molar refractivity (Wildman–Crippen MR) is 118 cm³/mol. The zero-order valence-corrected chi connectivity index (χ0v) is 16.4. The van der Waals surface area contributed by atoms with Crippen LogP contribution in [-0.4, -0.2) is 15.0 Å². The number of aromatic nitrogens is 3. The van der Waals surface area contributed by atoms with Crippen LogP contribution >= 0.6 is 11.6 Å². The van der Waals surface area contributed by atoms with Gasteiger partial charge >= 0.3 is 0 Å². The number of rotatable bonds is 2. The highest BCUT2D eigenvalue weighted by atomic mass is 35.5. The largest absolute Gasteiger partial charge is 0.346 e. The van der Waals surface area contributed by atoms with E-state index < -0.39 is 0 Å². The van der Waals surface area contributed by atoms with E-state index in [0.717, 1.165) is 39.0 Å². The van der Waals surface area contributed by atoms with E-state index in [-0.39, 0.29) is 5.43 Å². The zero-order valence-electron chi connectivity index (χ0n) is 15.6. The molecule has 0 saturated carbocycles. The van der Waals surface area contributed by atoms with Gasteiger partial charge in [-0.15, -0.1) is 0 Å². The van der Waals surface area contributed by atoms with Gasteiger partial charge in [0.2, 0.25) is 0 Å². The fourth-order valence-electron chi connectivity index (χ4n) is 3.58. The minimum atomic E-state index is -0.0729. The Morgan fingerprint density at radius 3 is 2.55 bits per heavy atom. The number of hydrogen-bond donors (Lipinski definition) is 1. The molecular formula is C24H16ClN3O. The van der Waals surface area contributed by atoms with Gasteiger partial charge in [-0.1, -0.05) is 48.0 Å². The summed E-state index contributed by atoms with van der Waals surface area (Å²) in [5.74, 6) is 0. The van der Waals surface area contributed by atoms with Gasteiger partial charge in [-0.3, -0.25) is 9.78 Å². The minimum absolute atomic E-state index is 0.0729. The van der Waals surface area contributed by atoms with Crippen molar-refractivity contribution in [1.82, 2.24) is 15.0 Å². The van der Waals surface area contributed by atoms with Crippen LogP contribution in [0.3, 0.4) is 0 Å². The fourth-order valence-corrected chi connectivity index (χ4v) is 3.85. The Kier molecular flexibility index (Phi) is 4.14. The van der Waals surface area contributed by atoms with Gasteiger partial charge in [-0.2, -0.15) is 0 Å². The lowest BCUT2D eigenvalue weighted by Gasteiger charge is -2.13. The molecule has 0 radical (unpaired) electrons. The summed E-state index contributed by atoms with van der Waals surface area (Å²) in [6.45, 7) is 1.94. The van der Waals surface area contributed by atoms with Crippen LogP contribution in [-0.2, 0) is 0 Å². The molecule has 0 aliphatic rings. The van der Waals surface area contributed by atoms with E-state index >= 15 is 0 Å². The Morgan fingerprint density at radius 2 is 1.72 bits per heavy atom. The Labute approximate surface area is 171 Å². The molecule has 0 fully saturated rings. The summed E-state index contributed by atoms with van der Waals surface area (Å²) < 4.78 is 0. The Morgan fingerprint density at radius 1 is 0.897 bits per heavy atom. The first-order valence-electron chi connectivity index (χ1n) is 9.25. The molecule has 2 aromatic carbocycles. The third kappa shape index (κ3) is 3.08. The molecule has 1 N–H and O–H groups in total. The van der Waals surface area contributed by atoms with Crippen molar-refractivity contribution in [3.8, 4) is 22.4 Å². The highest BCUT2D eigenvalue weighted by Crippen LogP contribution is 2.36. The molecule has 0 atom stereocenters. The molecule has 3 aromatic heterocycles. The number of aromatic amines is 1. The van der Waals surface area contributed by atoms with Crippen molar-refractivity contribution in [3.63, 3.8) is 0 Å². The third-order valence-electron chi connectivity index (χ3n) is 4.99. The Bertz CT molecular complexity index is 1440. The van der Waals surface area contributed by atoms with Crippen LogP contribution in [0.1, 0.15) is 5.69 Å². The quantitative estimate of drug-likeness (QED) is 0.411. The molecule has 3 heterocycles. The monoisotopic (exact) mass is 397 g/mol. The number of fused-ring (bicyclic) bond motifs is 2. The summed E-state index contributed by atoms with van der Waals surface area (Å²) in [7, 11) is 0. The fraction of sp³-hybridized carbons (Fsp3) is 0.0417. The molecule has 0 amide bonds. The zero-order chi connectivity index (χ0) is 20.0. The lowest BCUT2D eigenvalue weighted by atomic mass is 9.96. The van der Waals surface area contributed by atoms with Crippen LogP contribution in [0.15, 0.2) is 77.7 Å². The van der Waals surface area contributed by atoms with E-state index in [4.69, 9.17) is 16.6 Å². The summed E-state index contributed by atoms with van der Waals surface area (Å²) in [4.78, 5) is 24.9. The summed E-state index contributed by atoms with van der Waals surface area (Å²) in [6, 6.07) is 21.2. The van der Waals surface area contributed by atoms with Gasteiger partial charge < -0.3 is 4.98 Å². The maximum absolute atomic E-state index is 12.4. The van der Waals surface area contributed by atoms with Crippen LogP contribution < -0.4 is 5.43 Å². The molecule has 0 bridgehead atoms. The summed E-state index contributed by atoms with van der Waals surface area (Å²) in [5.41, 5.74) is 5.66. The molecule has 0 aliphatic heterocycles. The van der Waals surface area contributed by atoms with Gasteiger partial charge in [-0.25, -0.2) is 4.98 Å². The number of hydrogen-bond acceptors (Lipinski definition) is 3. The molecule has 140 valence electrons. The van der Waals surface area contributed by atoms with E-state index in [1.165, 1.54) is 6.07 Å². The van der Waals surface area contributed by atoms with Crippen molar-refractivity contribution in [2.75, 3.05) is 0 Å². The molecule has 0 saturated heterocycles. The van der Waals surface area contributed by atoms with Crippen molar-refractivity contribution in [2.45, 2.75) is 6.92 Å². The minimum Gasteiger partial charge on any atom is -0.346 e. The molecular weight excluding hydrogens is 382 g/mol. The van der Waals surface area contributed by atoms with Gasteiger partial charge in [0.05, 0.1) is 21.6 Å². The van der Waals surface area contributed by atoms with Crippen molar-refractivity contribution in [1.29, 1.82) is 0 Å². The maximum Gasteiger partial charge on any atom is 0.191 e. The predicted octanol–water partition coefficient (Wildman–Crippen LogP) is 5.77.